The average Bonchev–Trinajstić information content (AvgIpc) is 2.30. The number of carbonyl (C=O) groups excluding carboxylic acids is 1. The Labute approximate surface area is 109 Å². The van der Waals surface area contributed by atoms with Crippen LogP contribution in [0.15, 0.2) is 12.1 Å². The molecule has 6 heteroatoms. The number of hydrogen-bond donors (Lipinski definition) is 1. The summed E-state index contributed by atoms with van der Waals surface area (Å²) in [6.45, 7) is 0.388. The topological polar surface area (TPSA) is 32.3 Å². The lowest BCUT2D eigenvalue weighted by atomic mass is 10.0. The molecule has 18 heavy (non-hydrogen) atoms. The summed E-state index contributed by atoms with van der Waals surface area (Å²) in [5.41, 5.74) is -0.0389. The quantitative estimate of drug-likeness (QED) is 0.898. The van der Waals surface area contributed by atoms with Crippen LogP contribution in [0.5, 0.6) is 0 Å². The van der Waals surface area contributed by atoms with Gasteiger partial charge in [0.05, 0.1) is 16.8 Å². The summed E-state index contributed by atoms with van der Waals surface area (Å²) < 4.78 is 26.7. The molecular weight excluding hydrogens is 262 g/mol. The molecule has 1 aromatic carbocycles. The summed E-state index contributed by atoms with van der Waals surface area (Å²) in [7, 11) is 1.68. The zero-order chi connectivity index (χ0) is 13.3. The molecule has 1 unspecified atom stereocenters. The second-order valence-electron chi connectivity index (χ2n) is 4.19. The van der Waals surface area contributed by atoms with Crippen molar-refractivity contribution in [3.05, 3.63) is 28.8 Å². The van der Waals surface area contributed by atoms with E-state index in [1.165, 1.54) is 4.90 Å². The van der Waals surface area contributed by atoms with Crippen molar-refractivity contribution in [1.82, 2.24) is 5.32 Å². The van der Waals surface area contributed by atoms with Gasteiger partial charge in [-0.3, -0.25) is 4.79 Å². The number of nitrogens with zero attached hydrogens (tertiary/aromatic N) is 1. The van der Waals surface area contributed by atoms with Crippen molar-refractivity contribution in [1.29, 1.82) is 0 Å². The van der Waals surface area contributed by atoms with Gasteiger partial charge in [0.15, 0.2) is 5.82 Å². The van der Waals surface area contributed by atoms with Gasteiger partial charge in [0.2, 0.25) is 5.91 Å². The van der Waals surface area contributed by atoms with Crippen LogP contribution >= 0.6 is 11.6 Å². The highest BCUT2D eigenvalue weighted by Crippen LogP contribution is 2.32. The van der Waals surface area contributed by atoms with Gasteiger partial charge >= 0.3 is 0 Å². The monoisotopic (exact) mass is 274 g/mol. The molecule has 0 aliphatic carbocycles. The van der Waals surface area contributed by atoms with Gasteiger partial charge in [-0.2, -0.15) is 0 Å². The molecule has 0 saturated carbocycles. The molecule has 1 aliphatic rings. The lowest BCUT2D eigenvalue weighted by Crippen LogP contribution is -2.50. The van der Waals surface area contributed by atoms with Gasteiger partial charge in [-0.05, 0) is 26.0 Å². The minimum Gasteiger partial charge on any atom is -0.309 e. The number of amides is 1. The second-order valence-corrected chi connectivity index (χ2v) is 4.60. The summed E-state index contributed by atoms with van der Waals surface area (Å²) in [5, 5.41) is 2.79. The molecule has 3 nitrogen and oxygen atoms in total. The Hall–Kier alpha value is -1.20. The molecule has 2 rings (SSSR count). The molecule has 0 spiro atoms. The van der Waals surface area contributed by atoms with Crippen LogP contribution in [0.3, 0.4) is 0 Å². The standard InChI is InChI=1S/C12H13ClF2N2O/c1-16-10-3-2-4-17(12(10)18)11-8(13)5-7(14)6-9(11)15/h5-6,10,16H,2-4H2,1H3. The predicted molar refractivity (Wildman–Crippen MR) is 65.8 cm³/mol. The number of benzene rings is 1. The van der Waals surface area contributed by atoms with Gasteiger partial charge in [0.25, 0.3) is 0 Å². The van der Waals surface area contributed by atoms with Gasteiger partial charge in [-0.25, -0.2) is 8.78 Å². The Kier molecular flexibility index (Phi) is 3.82. The third kappa shape index (κ3) is 2.33. The zero-order valence-electron chi connectivity index (χ0n) is 9.84. The Morgan fingerprint density at radius 3 is 2.78 bits per heavy atom. The maximum Gasteiger partial charge on any atom is 0.244 e. The van der Waals surface area contributed by atoms with E-state index in [4.69, 9.17) is 11.6 Å². The van der Waals surface area contributed by atoms with E-state index in [1.807, 2.05) is 0 Å². The summed E-state index contributed by atoms with van der Waals surface area (Å²) in [6.07, 6.45) is 1.44. The number of carbonyl (C=O) groups is 1. The molecule has 1 N–H and O–H groups in total. The minimum atomic E-state index is -0.815. The number of halogens is 3. The molecule has 98 valence electrons. The number of nitrogens with one attached hydrogen (secondary N) is 1. The smallest absolute Gasteiger partial charge is 0.244 e. The van der Waals surface area contributed by atoms with Crippen molar-refractivity contribution in [2.75, 3.05) is 18.5 Å². The maximum atomic E-state index is 13.8. The van der Waals surface area contributed by atoms with Crippen LogP contribution in [0, 0.1) is 11.6 Å². The van der Waals surface area contributed by atoms with E-state index in [-0.39, 0.29) is 22.7 Å². The van der Waals surface area contributed by atoms with Gasteiger partial charge in [-0.15, -0.1) is 0 Å². The molecule has 0 bridgehead atoms. The van der Waals surface area contributed by atoms with Crippen molar-refractivity contribution < 1.29 is 13.6 Å². The van der Waals surface area contributed by atoms with E-state index in [0.29, 0.717) is 13.0 Å². The SMILES string of the molecule is CNC1CCCN(c2c(F)cc(F)cc2Cl)C1=O. The predicted octanol–water partition coefficient (Wildman–Crippen LogP) is 2.33. The van der Waals surface area contributed by atoms with E-state index in [1.54, 1.807) is 7.05 Å². The van der Waals surface area contributed by atoms with E-state index in [0.717, 1.165) is 18.6 Å². The Bertz CT molecular complexity index is 458. The normalized spacial score (nSPS) is 20.3. The molecule has 0 aromatic heterocycles. The molecule has 0 radical (unpaired) electrons. The van der Waals surface area contributed by atoms with Crippen LogP contribution in [0.1, 0.15) is 12.8 Å². The van der Waals surface area contributed by atoms with Crippen LogP contribution < -0.4 is 10.2 Å². The van der Waals surface area contributed by atoms with Gasteiger partial charge < -0.3 is 10.2 Å². The highest BCUT2D eigenvalue weighted by molar-refractivity contribution is 6.34. The molecule has 1 amide bonds. The van der Waals surface area contributed by atoms with E-state index < -0.39 is 11.6 Å². The highest BCUT2D eigenvalue weighted by Gasteiger charge is 2.31. The lowest BCUT2D eigenvalue weighted by molar-refractivity contribution is -0.121. The lowest BCUT2D eigenvalue weighted by Gasteiger charge is -2.32. The van der Waals surface area contributed by atoms with Crippen LogP contribution in [0.25, 0.3) is 0 Å². The van der Waals surface area contributed by atoms with Crippen molar-refractivity contribution in [2.45, 2.75) is 18.9 Å². The first-order valence-electron chi connectivity index (χ1n) is 5.67. The largest absolute Gasteiger partial charge is 0.309 e. The first-order valence-corrected chi connectivity index (χ1v) is 6.05. The summed E-state index contributed by atoms with van der Waals surface area (Å²) in [5.74, 6) is -1.81. The summed E-state index contributed by atoms with van der Waals surface area (Å²) >= 11 is 5.83. The van der Waals surface area contributed by atoms with Crippen molar-refractivity contribution in [2.24, 2.45) is 0 Å². The van der Waals surface area contributed by atoms with Crippen LogP contribution in [0.4, 0.5) is 14.5 Å². The fourth-order valence-corrected chi connectivity index (χ4v) is 2.45. The molecule has 1 heterocycles. The van der Waals surface area contributed by atoms with Gasteiger partial charge in [-0.1, -0.05) is 11.6 Å². The van der Waals surface area contributed by atoms with Crippen molar-refractivity contribution in [3.8, 4) is 0 Å². The van der Waals surface area contributed by atoms with Gasteiger partial charge in [0.1, 0.15) is 5.82 Å². The fourth-order valence-electron chi connectivity index (χ4n) is 2.16. The van der Waals surface area contributed by atoms with Crippen molar-refractivity contribution in [3.63, 3.8) is 0 Å². The summed E-state index contributed by atoms with van der Waals surface area (Å²) in [4.78, 5) is 13.4. The van der Waals surface area contributed by atoms with Gasteiger partial charge in [0, 0.05) is 12.6 Å². The van der Waals surface area contributed by atoms with E-state index >= 15 is 0 Å². The minimum absolute atomic E-state index is 0.0389. The molecule has 1 fully saturated rings. The number of anilines is 1. The fraction of sp³-hybridized carbons (Fsp3) is 0.417. The molecule has 1 aliphatic heterocycles. The van der Waals surface area contributed by atoms with E-state index in [9.17, 15) is 13.6 Å². The van der Waals surface area contributed by atoms with Crippen molar-refractivity contribution >= 4 is 23.2 Å². The molecule has 1 saturated heterocycles. The Morgan fingerprint density at radius 2 is 2.17 bits per heavy atom. The first kappa shape index (κ1) is 13.2. The van der Waals surface area contributed by atoms with E-state index in [2.05, 4.69) is 5.32 Å². The molecule has 1 aromatic rings. The number of piperidine rings is 1. The maximum absolute atomic E-state index is 13.8. The third-order valence-electron chi connectivity index (χ3n) is 3.04. The van der Waals surface area contributed by atoms with Crippen LogP contribution in [0.2, 0.25) is 5.02 Å². The summed E-state index contributed by atoms with van der Waals surface area (Å²) in [6, 6.07) is 1.40. The third-order valence-corrected chi connectivity index (χ3v) is 3.33. The molecule has 1 atom stereocenters. The zero-order valence-corrected chi connectivity index (χ0v) is 10.6. The van der Waals surface area contributed by atoms with Crippen LogP contribution in [-0.2, 0) is 4.79 Å². The first-order chi connectivity index (χ1) is 8.54. The van der Waals surface area contributed by atoms with Crippen LogP contribution in [-0.4, -0.2) is 25.5 Å². The Balaban J connectivity index is 2.39. The second kappa shape index (κ2) is 5.20. The molecular formula is C12H13ClF2N2O. The number of rotatable bonds is 2. The highest BCUT2D eigenvalue weighted by atomic mass is 35.5. The number of hydrogen-bond acceptors (Lipinski definition) is 2. The number of likely N-dealkylation sites (N-methyl/N-ethyl adjacent to an activating group) is 1. The average molecular weight is 275 g/mol. The Morgan fingerprint density at radius 1 is 1.44 bits per heavy atom.